The summed E-state index contributed by atoms with van der Waals surface area (Å²) >= 11 is 5.66. The van der Waals surface area contributed by atoms with Crippen LogP contribution in [0.5, 0.6) is 0 Å². The highest BCUT2D eigenvalue weighted by molar-refractivity contribution is 7.80. The lowest BCUT2D eigenvalue weighted by atomic mass is 10.0. The molecule has 25 heavy (non-hydrogen) atoms. The molecule has 2 heterocycles. The summed E-state index contributed by atoms with van der Waals surface area (Å²) in [7, 11) is 2.24. The third kappa shape index (κ3) is 4.93. The number of nitrogens with zero attached hydrogens (tertiary/aromatic N) is 2. The summed E-state index contributed by atoms with van der Waals surface area (Å²) in [6.07, 6.45) is 5.20. The van der Waals surface area contributed by atoms with Crippen LogP contribution in [0.2, 0.25) is 0 Å². The first-order valence-electron chi connectivity index (χ1n) is 9.48. The fourth-order valence-corrected chi connectivity index (χ4v) is 4.13. The molecule has 0 aliphatic carbocycles. The van der Waals surface area contributed by atoms with E-state index in [1.54, 1.807) is 0 Å². The van der Waals surface area contributed by atoms with E-state index in [-0.39, 0.29) is 0 Å². The van der Waals surface area contributed by atoms with Crippen LogP contribution < -0.4 is 5.32 Å². The fraction of sp³-hybridized carbons (Fsp3) is 0.650. The summed E-state index contributed by atoms with van der Waals surface area (Å²) in [5, 5.41) is 4.30. The normalized spacial score (nSPS) is 21.8. The molecule has 0 bridgehead atoms. The van der Waals surface area contributed by atoms with E-state index in [2.05, 4.69) is 54.2 Å². The van der Waals surface area contributed by atoms with Crippen molar-refractivity contribution in [3.05, 3.63) is 29.3 Å². The van der Waals surface area contributed by atoms with Gasteiger partial charge in [0, 0.05) is 38.0 Å². The zero-order valence-corrected chi connectivity index (χ0v) is 16.6. The average molecular weight is 362 g/mol. The maximum Gasteiger partial charge on any atom is 0.173 e. The summed E-state index contributed by atoms with van der Waals surface area (Å²) < 4.78 is 5.78. The monoisotopic (exact) mass is 361 g/mol. The van der Waals surface area contributed by atoms with E-state index < -0.39 is 0 Å². The summed E-state index contributed by atoms with van der Waals surface area (Å²) in [4.78, 5) is 4.81. The van der Waals surface area contributed by atoms with Gasteiger partial charge in [0.25, 0.3) is 0 Å². The molecule has 1 aromatic carbocycles. The SMILES string of the molecule is Cc1ccc(C)c(NC(=S)N2CCC(N(C)C[C@H]3CCCO3)CC2)c1. The largest absolute Gasteiger partial charge is 0.377 e. The Morgan fingerprint density at radius 2 is 2.04 bits per heavy atom. The minimum atomic E-state index is 0.440. The van der Waals surface area contributed by atoms with Gasteiger partial charge in [0.15, 0.2) is 5.11 Å². The van der Waals surface area contributed by atoms with Crippen LogP contribution in [0.25, 0.3) is 0 Å². The molecular formula is C20H31N3OS. The number of nitrogens with one attached hydrogen (secondary N) is 1. The Morgan fingerprint density at radius 1 is 1.28 bits per heavy atom. The molecule has 2 saturated heterocycles. The highest BCUT2D eigenvalue weighted by atomic mass is 32.1. The second-order valence-corrected chi connectivity index (χ2v) is 7.93. The first-order valence-corrected chi connectivity index (χ1v) is 9.89. The van der Waals surface area contributed by atoms with Crippen molar-refractivity contribution in [1.29, 1.82) is 0 Å². The Bertz CT molecular complexity index is 593. The Balaban J connectivity index is 1.48. The predicted molar refractivity (Wildman–Crippen MR) is 108 cm³/mol. The van der Waals surface area contributed by atoms with Crippen LogP contribution in [-0.2, 0) is 4.74 Å². The van der Waals surface area contributed by atoms with Crippen molar-refractivity contribution in [2.75, 3.05) is 38.6 Å². The number of likely N-dealkylation sites (tertiary alicyclic amines) is 1. The standard InChI is InChI=1S/C20H31N3OS/c1-15-6-7-16(2)19(13-15)21-20(25)23-10-8-17(9-11-23)22(3)14-18-5-4-12-24-18/h6-7,13,17-18H,4-5,8-12,14H2,1-3H3,(H,21,25)/t18-/m1/s1. The van der Waals surface area contributed by atoms with Crippen LogP contribution in [0.4, 0.5) is 5.69 Å². The van der Waals surface area contributed by atoms with Crippen molar-refractivity contribution in [2.45, 2.75) is 51.7 Å². The number of thiocarbonyl (C=S) groups is 1. The first-order chi connectivity index (χ1) is 12.0. The summed E-state index contributed by atoms with van der Waals surface area (Å²) in [6, 6.07) is 7.10. The molecule has 2 fully saturated rings. The van der Waals surface area contributed by atoms with Gasteiger partial charge in [-0.2, -0.15) is 0 Å². The molecule has 1 atom stereocenters. The van der Waals surface area contributed by atoms with Crippen LogP contribution in [0, 0.1) is 13.8 Å². The number of anilines is 1. The van der Waals surface area contributed by atoms with Crippen LogP contribution in [0.1, 0.15) is 36.8 Å². The van der Waals surface area contributed by atoms with Gasteiger partial charge in [-0.1, -0.05) is 12.1 Å². The Labute approximate surface area is 157 Å². The molecule has 5 heteroatoms. The minimum absolute atomic E-state index is 0.440. The van der Waals surface area contributed by atoms with E-state index in [9.17, 15) is 0 Å². The van der Waals surface area contributed by atoms with Gasteiger partial charge in [-0.25, -0.2) is 0 Å². The number of ether oxygens (including phenoxy) is 1. The van der Waals surface area contributed by atoms with Crippen molar-refractivity contribution in [3.63, 3.8) is 0 Å². The number of benzene rings is 1. The van der Waals surface area contributed by atoms with Gasteiger partial charge < -0.3 is 19.9 Å². The minimum Gasteiger partial charge on any atom is -0.377 e. The van der Waals surface area contributed by atoms with E-state index in [0.29, 0.717) is 12.1 Å². The molecule has 1 aromatic rings. The summed E-state index contributed by atoms with van der Waals surface area (Å²) in [6.45, 7) is 8.29. The molecule has 0 amide bonds. The summed E-state index contributed by atoms with van der Waals surface area (Å²) in [5.41, 5.74) is 3.62. The quantitative estimate of drug-likeness (QED) is 0.828. The van der Waals surface area contributed by atoms with Crippen LogP contribution in [0.3, 0.4) is 0 Å². The number of rotatable bonds is 4. The molecule has 0 saturated carbocycles. The molecule has 4 nitrogen and oxygen atoms in total. The molecular weight excluding hydrogens is 330 g/mol. The lowest BCUT2D eigenvalue weighted by Crippen LogP contribution is -2.48. The smallest absolute Gasteiger partial charge is 0.173 e. The highest BCUT2D eigenvalue weighted by Gasteiger charge is 2.26. The number of piperidine rings is 1. The maximum atomic E-state index is 5.78. The highest BCUT2D eigenvalue weighted by Crippen LogP contribution is 2.21. The van der Waals surface area contributed by atoms with Crippen molar-refractivity contribution < 1.29 is 4.74 Å². The van der Waals surface area contributed by atoms with Gasteiger partial charge in [0.05, 0.1) is 6.10 Å². The average Bonchev–Trinajstić information content (AvgIpc) is 3.11. The van der Waals surface area contributed by atoms with E-state index in [1.165, 1.54) is 24.0 Å². The van der Waals surface area contributed by atoms with Gasteiger partial charge in [0.2, 0.25) is 0 Å². The van der Waals surface area contributed by atoms with E-state index in [0.717, 1.165) is 49.9 Å². The maximum absolute atomic E-state index is 5.78. The van der Waals surface area contributed by atoms with E-state index in [1.807, 2.05) is 0 Å². The van der Waals surface area contributed by atoms with Crippen LogP contribution >= 0.6 is 12.2 Å². The van der Waals surface area contributed by atoms with Gasteiger partial charge in [-0.05, 0) is 76.0 Å². The van der Waals surface area contributed by atoms with Crippen molar-refractivity contribution in [2.24, 2.45) is 0 Å². The number of hydrogen-bond acceptors (Lipinski definition) is 3. The van der Waals surface area contributed by atoms with Crippen LogP contribution in [-0.4, -0.2) is 60.3 Å². The number of hydrogen-bond donors (Lipinski definition) is 1. The molecule has 0 spiro atoms. The molecule has 0 unspecified atom stereocenters. The predicted octanol–water partition coefficient (Wildman–Crippen LogP) is 3.58. The van der Waals surface area contributed by atoms with Gasteiger partial charge >= 0.3 is 0 Å². The Kier molecular flexibility index (Phi) is 6.31. The zero-order valence-electron chi connectivity index (χ0n) is 15.8. The van der Waals surface area contributed by atoms with Crippen molar-refractivity contribution in [1.82, 2.24) is 9.80 Å². The molecule has 2 aliphatic rings. The third-order valence-electron chi connectivity index (χ3n) is 5.53. The molecule has 0 radical (unpaired) electrons. The van der Waals surface area contributed by atoms with Gasteiger partial charge in [0.1, 0.15) is 0 Å². The lowest BCUT2D eigenvalue weighted by Gasteiger charge is -2.38. The molecule has 3 rings (SSSR count). The topological polar surface area (TPSA) is 27.7 Å². The molecule has 1 N–H and O–H groups in total. The molecule has 2 aliphatic heterocycles. The Hall–Kier alpha value is -1.17. The fourth-order valence-electron chi connectivity index (χ4n) is 3.83. The van der Waals surface area contributed by atoms with Gasteiger partial charge in [-0.15, -0.1) is 0 Å². The van der Waals surface area contributed by atoms with Crippen molar-refractivity contribution >= 4 is 23.0 Å². The first kappa shape index (κ1) is 18.6. The van der Waals surface area contributed by atoms with Crippen molar-refractivity contribution in [3.8, 4) is 0 Å². The Morgan fingerprint density at radius 3 is 2.72 bits per heavy atom. The van der Waals surface area contributed by atoms with Gasteiger partial charge in [-0.3, -0.25) is 0 Å². The molecule has 0 aromatic heterocycles. The van der Waals surface area contributed by atoms with E-state index >= 15 is 0 Å². The van der Waals surface area contributed by atoms with E-state index in [4.69, 9.17) is 17.0 Å². The summed E-state index contributed by atoms with van der Waals surface area (Å²) in [5.74, 6) is 0. The lowest BCUT2D eigenvalue weighted by molar-refractivity contribution is 0.0576. The number of likely N-dealkylation sites (N-methyl/N-ethyl adjacent to an activating group) is 1. The second kappa shape index (κ2) is 8.47. The third-order valence-corrected chi connectivity index (χ3v) is 5.89. The molecule has 138 valence electrons. The van der Waals surface area contributed by atoms with Crippen LogP contribution in [0.15, 0.2) is 18.2 Å². The zero-order chi connectivity index (χ0) is 17.8. The number of aryl methyl sites for hydroxylation is 2. The second-order valence-electron chi connectivity index (χ2n) is 7.54.